The van der Waals surface area contributed by atoms with Gasteiger partial charge in [0, 0.05) is 25.7 Å². The Morgan fingerprint density at radius 2 is 1.88 bits per heavy atom. The minimum atomic E-state index is 0. The third-order valence-electron chi connectivity index (χ3n) is 4.85. The van der Waals surface area contributed by atoms with Crippen molar-refractivity contribution in [1.82, 2.24) is 20.4 Å². The number of nitrogen functional groups attached to an aromatic ring is 1. The Balaban J connectivity index is 0.00000363. The maximum Gasteiger partial charge on any atom is 0.191 e. The molecule has 0 spiro atoms. The van der Waals surface area contributed by atoms with Gasteiger partial charge in [-0.3, -0.25) is 4.99 Å². The predicted octanol–water partition coefficient (Wildman–Crippen LogP) is 3.25. The van der Waals surface area contributed by atoms with Crippen LogP contribution in [0.25, 0.3) is 5.69 Å². The third-order valence-corrected chi connectivity index (χ3v) is 4.85. The molecule has 3 aromatic rings. The molecule has 8 nitrogen and oxygen atoms in total. The molecule has 0 aliphatic rings. The van der Waals surface area contributed by atoms with E-state index in [4.69, 9.17) is 10.5 Å². The number of hydrogen-bond donors (Lipinski definition) is 3. The number of hydrogen-bond acceptors (Lipinski definition) is 5. The van der Waals surface area contributed by atoms with Crippen LogP contribution >= 0.6 is 24.0 Å². The van der Waals surface area contributed by atoms with E-state index in [-0.39, 0.29) is 24.0 Å². The molecule has 0 bridgehead atoms. The van der Waals surface area contributed by atoms with E-state index in [0.717, 1.165) is 23.4 Å². The molecule has 0 radical (unpaired) electrons. The smallest absolute Gasteiger partial charge is 0.191 e. The Labute approximate surface area is 205 Å². The van der Waals surface area contributed by atoms with Gasteiger partial charge in [-0.25, -0.2) is 4.68 Å². The number of aryl methyl sites for hydroxylation is 1. The van der Waals surface area contributed by atoms with Crippen LogP contribution in [0.2, 0.25) is 0 Å². The van der Waals surface area contributed by atoms with Crippen molar-refractivity contribution in [1.29, 1.82) is 5.26 Å². The van der Waals surface area contributed by atoms with Gasteiger partial charge in [0.25, 0.3) is 0 Å². The molecule has 0 unspecified atom stereocenters. The average Bonchev–Trinajstić information content (AvgIpc) is 3.14. The van der Waals surface area contributed by atoms with Gasteiger partial charge in [0.15, 0.2) is 5.96 Å². The molecule has 0 amide bonds. The van der Waals surface area contributed by atoms with Gasteiger partial charge in [0.2, 0.25) is 0 Å². The van der Waals surface area contributed by atoms with Crippen molar-refractivity contribution in [2.75, 3.05) is 26.4 Å². The summed E-state index contributed by atoms with van der Waals surface area (Å²) in [5, 5.41) is 20.7. The van der Waals surface area contributed by atoms with E-state index >= 15 is 0 Å². The van der Waals surface area contributed by atoms with E-state index in [1.807, 2.05) is 54.6 Å². The SMILES string of the molecule is CN=C(NCCCc1nn(-c2ccccc2)c(N)c1C#N)NCc1ccccc1OC.I. The first-order valence-electron chi connectivity index (χ1n) is 10.1. The quantitative estimate of drug-likeness (QED) is 0.173. The number of ether oxygens (including phenoxy) is 1. The summed E-state index contributed by atoms with van der Waals surface area (Å²) in [6, 6.07) is 19.6. The van der Waals surface area contributed by atoms with Gasteiger partial charge in [0.05, 0.1) is 18.5 Å². The molecule has 0 atom stereocenters. The Kier molecular flexibility index (Phi) is 9.81. The van der Waals surface area contributed by atoms with Crippen LogP contribution in [-0.2, 0) is 13.0 Å². The molecule has 32 heavy (non-hydrogen) atoms. The number of methoxy groups -OCH3 is 1. The van der Waals surface area contributed by atoms with Crippen LogP contribution in [0.5, 0.6) is 5.75 Å². The molecular formula is C23H28IN7O. The number of nitrogens with zero attached hydrogens (tertiary/aromatic N) is 4. The molecule has 0 saturated heterocycles. The molecule has 2 aromatic carbocycles. The highest BCUT2D eigenvalue weighted by atomic mass is 127. The molecule has 0 aliphatic heterocycles. The molecule has 1 heterocycles. The van der Waals surface area contributed by atoms with Gasteiger partial charge < -0.3 is 21.1 Å². The van der Waals surface area contributed by atoms with E-state index in [1.54, 1.807) is 18.8 Å². The monoisotopic (exact) mass is 545 g/mol. The summed E-state index contributed by atoms with van der Waals surface area (Å²) in [6.07, 6.45) is 1.40. The van der Waals surface area contributed by atoms with E-state index in [9.17, 15) is 5.26 Å². The third kappa shape index (κ3) is 6.13. The molecule has 168 valence electrons. The zero-order valence-corrected chi connectivity index (χ0v) is 20.5. The fourth-order valence-electron chi connectivity index (χ4n) is 3.25. The van der Waals surface area contributed by atoms with Crippen molar-refractivity contribution in [3.63, 3.8) is 0 Å². The number of aliphatic imine (C=N–C) groups is 1. The predicted molar refractivity (Wildman–Crippen MR) is 138 cm³/mol. The topological polar surface area (TPSA) is 113 Å². The van der Waals surface area contributed by atoms with Gasteiger partial charge >= 0.3 is 0 Å². The maximum absolute atomic E-state index is 9.52. The van der Waals surface area contributed by atoms with Gasteiger partial charge in [0.1, 0.15) is 23.2 Å². The zero-order valence-electron chi connectivity index (χ0n) is 18.2. The Hall–Kier alpha value is -3.26. The summed E-state index contributed by atoms with van der Waals surface area (Å²) in [7, 11) is 3.39. The Morgan fingerprint density at radius 1 is 1.16 bits per heavy atom. The number of para-hydroxylation sites is 2. The molecule has 3 rings (SSSR count). The van der Waals surface area contributed by atoms with Crippen molar-refractivity contribution in [2.45, 2.75) is 19.4 Å². The fraction of sp³-hybridized carbons (Fsp3) is 0.261. The lowest BCUT2D eigenvalue weighted by Crippen LogP contribution is -2.37. The number of anilines is 1. The second-order valence-corrected chi connectivity index (χ2v) is 6.83. The van der Waals surface area contributed by atoms with E-state index in [2.05, 4.69) is 26.8 Å². The number of nitrogens with two attached hydrogens (primary N) is 1. The van der Waals surface area contributed by atoms with Gasteiger partial charge in [-0.1, -0.05) is 36.4 Å². The molecule has 4 N–H and O–H groups in total. The summed E-state index contributed by atoms with van der Waals surface area (Å²) in [5.41, 5.74) is 9.18. The number of halogens is 1. The summed E-state index contributed by atoms with van der Waals surface area (Å²) in [5.74, 6) is 1.90. The Morgan fingerprint density at radius 3 is 2.56 bits per heavy atom. The van der Waals surface area contributed by atoms with Crippen molar-refractivity contribution < 1.29 is 4.74 Å². The summed E-state index contributed by atoms with van der Waals surface area (Å²) in [6.45, 7) is 1.27. The number of nitriles is 1. The number of benzene rings is 2. The molecule has 0 saturated carbocycles. The van der Waals surface area contributed by atoms with Crippen molar-refractivity contribution >= 4 is 35.8 Å². The highest BCUT2D eigenvalue weighted by molar-refractivity contribution is 14.0. The summed E-state index contributed by atoms with van der Waals surface area (Å²) < 4.78 is 7.00. The fourth-order valence-corrected chi connectivity index (χ4v) is 3.25. The summed E-state index contributed by atoms with van der Waals surface area (Å²) in [4.78, 5) is 4.26. The first-order chi connectivity index (χ1) is 15.2. The van der Waals surface area contributed by atoms with Gasteiger partial charge in [-0.05, 0) is 31.0 Å². The Bertz CT molecular complexity index is 1070. The second-order valence-electron chi connectivity index (χ2n) is 6.83. The van der Waals surface area contributed by atoms with Crippen LogP contribution in [0, 0.1) is 11.3 Å². The second kappa shape index (κ2) is 12.6. The van der Waals surface area contributed by atoms with Crippen LogP contribution < -0.4 is 21.1 Å². The summed E-state index contributed by atoms with van der Waals surface area (Å²) >= 11 is 0. The standard InChI is InChI=1S/C23H27N7O.HI/c1-26-23(28-16-17-9-6-7-13-21(17)31-2)27-14-8-12-20-19(15-24)22(25)30(29-20)18-10-4-3-5-11-18;/h3-7,9-11,13H,8,12,14,16,25H2,1-2H3,(H2,26,27,28);1H. The molecular weight excluding hydrogens is 517 g/mol. The molecule has 1 aromatic heterocycles. The maximum atomic E-state index is 9.52. The van der Waals surface area contributed by atoms with E-state index in [1.165, 1.54) is 0 Å². The van der Waals surface area contributed by atoms with Gasteiger partial charge in [-0.2, -0.15) is 10.4 Å². The van der Waals surface area contributed by atoms with Crippen molar-refractivity contribution in [2.24, 2.45) is 4.99 Å². The first kappa shape index (κ1) is 25.0. The molecule has 0 aliphatic carbocycles. The zero-order chi connectivity index (χ0) is 22.1. The van der Waals surface area contributed by atoms with Crippen LogP contribution in [0.4, 0.5) is 5.82 Å². The number of guanidine groups is 1. The highest BCUT2D eigenvalue weighted by Crippen LogP contribution is 2.21. The van der Waals surface area contributed by atoms with Crippen LogP contribution in [0.1, 0.15) is 23.2 Å². The van der Waals surface area contributed by atoms with E-state index < -0.39 is 0 Å². The van der Waals surface area contributed by atoms with Crippen LogP contribution in [-0.4, -0.2) is 36.4 Å². The largest absolute Gasteiger partial charge is 0.496 e. The minimum Gasteiger partial charge on any atom is -0.496 e. The van der Waals surface area contributed by atoms with Gasteiger partial charge in [-0.15, -0.1) is 24.0 Å². The van der Waals surface area contributed by atoms with Crippen LogP contribution in [0.15, 0.2) is 59.6 Å². The normalized spacial score (nSPS) is 10.7. The minimum absolute atomic E-state index is 0. The van der Waals surface area contributed by atoms with E-state index in [0.29, 0.717) is 42.5 Å². The lowest BCUT2D eigenvalue weighted by Gasteiger charge is -2.13. The number of aromatic nitrogens is 2. The number of rotatable bonds is 8. The van der Waals surface area contributed by atoms with Crippen LogP contribution in [0.3, 0.4) is 0 Å². The lowest BCUT2D eigenvalue weighted by atomic mass is 10.1. The average molecular weight is 545 g/mol. The molecule has 9 heteroatoms. The molecule has 0 fully saturated rings. The highest BCUT2D eigenvalue weighted by Gasteiger charge is 2.16. The lowest BCUT2D eigenvalue weighted by molar-refractivity contribution is 0.409. The van der Waals surface area contributed by atoms with Crippen molar-refractivity contribution in [3.8, 4) is 17.5 Å². The first-order valence-corrected chi connectivity index (χ1v) is 10.1. The number of nitrogens with one attached hydrogen (secondary N) is 2. The van der Waals surface area contributed by atoms with Crippen molar-refractivity contribution in [3.05, 3.63) is 71.4 Å².